The van der Waals surface area contributed by atoms with Crippen LogP contribution in [0, 0.1) is 11.8 Å². The van der Waals surface area contributed by atoms with E-state index in [1.54, 1.807) is 22.3 Å². The van der Waals surface area contributed by atoms with Gasteiger partial charge in [0.05, 0.1) is 0 Å². The average molecular weight is 703 g/mol. The molecule has 0 nitrogen and oxygen atoms in total. The van der Waals surface area contributed by atoms with Crippen molar-refractivity contribution in [2.75, 3.05) is 0 Å². The topological polar surface area (TPSA) is 0 Å². The van der Waals surface area contributed by atoms with Crippen molar-refractivity contribution in [3.8, 4) is 22.3 Å². The minimum atomic E-state index is -2.42. The molecule has 2 aliphatic carbocycles. The second kappa shape index (κ2) is 11.4. The summed E-state index contributed by atoms with van der Waals surface area (Å²) in [5.74, 6) is 1.12. The van der Waals surface area contributed by atoms with Crippen molar-refractivity contribution in [2.24, 2.45) is 11.8 Å². The number of fused-ring (bicyclic) bond motifs is 2. The first-order valence-electron chi connectivity index (χ1n) is 14.8. The van der Waals surface area contributed by atoms with Gasteiger partial charge in [0.15, 0.2) is 0 Å². The van der Waals surface area contributed by atoms with E-state index in [1.165, 1.54) is 33.4 Å². The standard InChI is InChI=1S/2C18H17.C2H6Si.Hf/c2*1-13(2)16-11-15-9-6-10-17(18(15)12-16)14-7-4-3-5-8-14;1-3-2;/h2*3-13H,1-2H3;1-2H3;. The van der Waals surface area contributed by atoms with Crippen LogP contribution in [0.4, 0.5) is 0 Å². The van der Waals surface area contributed by atoms with Crippen LogP contribution in [-0.2, 0) is 20.1 Å². The second-order valence-electron chi connectivity index (χ2n) is 12.3. The molecule has 0 saturated heterocycles. The van der Waals surface area contributed by atoms with Gasteiger partial charge in [-0.1, -0.05) is 0 Å². The Bertz CT molecular complexity index is 1530. The van der Waals surface area contributed by atoms with Crippen molar-refractivity contribution in [3.05, 3.63) is 130 Å². The molecule has 0 heterocycles. The molecule has 0 spiro atoms. The van der Waals surface area contributed by atoms with Gasteiger partial charge in [0.2, 0.25) is 0 Å². The van der Waals surface area contributed by atoms with Gasteiger partial charge < -0.3 is 0 Å². The van der Waals surface area contributed by atoms with E-state index in [9.17, 15) is 0 Å². The van der Waals surface area contributed by atoms with Gasteiger partial charge in [0.1, 0.15) is 0 Å². The molecule has 2 aliphatic rings. The molecule has 0 N–H and O–H groups in total. The van der Waals surface area contributed by atoms with Crippen LogP contribution in [0.1, 0.15) is 57.3 Å². The molecule has 2 atom stereocenters. The summed E-state index contributed by atoms with van der Waals surface area (Å²) in [6.45, 7) is 15.0. The fourth-order valence-electron chi connectivity index (χ4n) is 7.03. The summed E-state index contributed by atoms with van der Waals surface area (Å²) in [5.41, 5.74) is 14.7. The van der Waals surface area contributed by atoms with Gasteiger partial charge in [-0.25, -0.2) is 0 Å². The first kappa shape index (κ1) is 27.6. The molecule has 0 saturated carbocycles. The molecule has 4 aromatic rings. The van der Waals surface area contributed by atoms with Crippen molar-refractivity contribution in [3.63, 3.8) is 0 Å². The van der Waals surface area contributed by atoms with Crippen LogP contribution in [0.2, 0.25) is 13.1 Å². The molecule has 40 heavy (non-hydrogen) atoms. The Morgan fingerprint density at radius 3 is 1.27 bits per heavy atom. The molecule has 6 rings (SSSR count). The van der Waals surface area contributed by atoms with Crippen LogP contribution in [-0.4, -0.2) is 5.49 Å². The molecule has 2 heteroatoms. The van der Waals surface area contributed by atoms with Crippen LogP contribution in [0.3, 0.4) is 0 Å². The van der Waals surface area contributed by atoms with Gasteiger partial charge in [-0.3, -0.25) is 0 Å². The molecule has 2 unspecified atom stereocenters. The Morgan fingerprint density at radius 2 is 0.925 bits per heavy atom. The maximum absolute atomic E-state index is 2.65. The first-order valence-corrected chi connectivity index (χ1v) is 26.9. The van der Waals surface area contributed by atoms with Crippen molar-refractivity contribution >= 4 is 17.6 Å². The van der Waals surface area contributed by atoms with Crippen LogP contribution in [0.15, 0.2) is 108 Å². The third-order valence-electron chi connectivity index (χ3n) is 8.89. The van der Waals surface area contributed by atoms with Crippen LogP contribution >= 0.6 is 0 Å². The van der Waals surface area contributed by atoms with E-state index in [2.05, 4.69) is 150 Å². The molecule has 200 valence electrons. The Labute approximate surface area is 249 Å². The van der Waals surface area contributed by atoms with E-state index in [0.29, 0.717) is 19.2 Å². The maximum atomic E-state index is 2.65. The fourth-order valence-corrected chi connectivity index (χ4v) is 36.9. The van der Waals surface area contributed by atoms with E-state index >= 15 is 0 Å². The number of hydrogen-bond donors (Lipinski definition) is 0. The molecule has 0 fully saturated rings. The minimum absolute atomic E-state index is 0.475. The molecular formula is C38H40HfSi. The SMILES string of the molecule is CC(C)C1=Cc2c(-c3ccccc3)cccc2[CH]1[Hf]([CH]1C(C(C)C)=Cc2c(-c3ccccc3)cccc21)=[Si](C)C. The van der Waals surface area contributed by atoms with Crippen molar-refractivity contribution < 1.29 is 20.1 Å². The summed E-state index contributed by atoms with van der Waals surface area (Å²) in [5, 5.41) is 0. The molecule has 4 aromatic carbocycles. The Kier molecular flexibility index (Phi) is 7.85. The average Bonchev–Trinajstić information content (AvgIpc) is 3.54. The quantitative estimate of drug-likeness (QED) is 0.176. The summed E-state index contributed by atoms with van der Waals surface area (Å²) in [7, 11) is 0. The monoisotopic (exact) mass is 704 g/mol. The van der Waals surface area contributed by atoms with E-state index < -0.39 is 25.6 Å². The number of allylic oxidation sites excluding steroid dienone is 2. The Balaban J connectivity index is 1.56. The zero-order chi connectivity index (χ0) is 28.0. The van der Waals surface area contributed by atoms with Crippen LogP contribution in [0.5, 0.6) is 0 Å². The molecule has 0 bridgehead atoms. The Morgan fingerprint density at radius 1 is 0.525 bits per heavy atom. The molecule has 0 aliphatic heterocycles. The summed E-state index contributed by atoms with van der Waals surface area (Å²) < 4.78 is 1.32. The van der Waals surface area contributed by atoms with E-state index in [-0.39, 0.29) is 0 Å². The molecule has 0 radical (unpaired) electrons. The summed E-state index contributed by atoms with van der Waals surface area (Å²) >= 11 is -2.42. The van der Waals surface area contributed by atoms with Gasteiger partial charge in [-0.15, -0.1) is 0 Å². The van der Waals surface area contributed by atoms with Gasteiger partial charge >= 0.3 is 250 Å². The van der Waals surface area contributed by atoms with Crippen LogP contribution in [0.25, 0.3) is 34.4 Å². The Hall–Kier alpha value is -2.55. The zero-order valence-electron chi connectivity index (χ0n) is 24.7. The van der Waals surface area contributed by atoms with Crippen molar-refractivity contribution in [1.82, 2.24) is 0 Å². The summed E-state index contributed by atoms with van der Waals surface area (Å²) in [4.78, 5) is 0. The first-order chi connectivity index (χ1) is 19.4. The van der Waals surface area contributed by atoms with E-state index in [0.717, 1.165) is 0 Å². The summed E-state index contributed by atoms with van der Waals surface area (Å²) in [6, 6.07) is 36.4. The van der Waals surface area contributed by atoms with Crippen molar-refractivity contribution in [1.29, 1.82) is 0 Å². The van der Waals surface area contributed by atoms with Gasteiger partial charge in [-0.05, 0) is 0 Å². The molecule has 0 amide bonds. The molecular weight excluding hydrogens is 663 g/mol. The predicted octanol–water partition coefficient (Wildman–Crippen LogP) is 10.8. The number of hydrogen-bond acceptors (Lipinski definition) is 0. The normalized spacial score (nSPS) is 17.5. The van der Waals surface area contributed by atoms with Gasteiger partial charge in [0.25, 0.3) is 0 Å². The van der Waals surface area contributed by atoms with Gasteiger partial charge in [-0.2, -0.15) is 0 Å². The zero-order valence-corrected chi connectivity index (χ0v) is 29.3. The fraction of sp³-hybridized carbons (Fsp3) is 0.263. The third kappa shape index (κ3) is 4.82. The summed E-state index contributed by atoms with van der Waals surface area (Å²) in [6.07, 6.45) is 5.25. The number of benzene rings is 4. The van der Waals surface area contributed by atoms with E-state index in [4.69, 9.17) is 0 Å². The third-order valence-corrected chi connectivity index (χ3v) is 36.3. The van der Waals surface area contributed by atoms with Gasteiger partial charge in [0, 0.05) is 0 Å². The molecule has 0 aromatic heterocycles. The number of rotatable bonds is 6. The second-order valence-corrected chi connectivity index (χ2v) is 37.2. The van der Waals surface area contributed by atoms with Crippen LogP contribution < -0.4 is 0 Å². The van der Waals surface area contributed by atoms with E-state index in [1.807, 2.05) is 0 Å². The van der Waals surface area contributed by atoms with Crippen molar-refractivity contribution in [2.45, 2.75) is 48.1 Å². The predicted molar refractivity (Wildman–Crippen MR) is 172 cm³/mol.